The zero-order valence-electron chi connectivity index (χ0n) is 9.96. The smallest absolute Gasteiger partial charge is 0.410 e. The molecule has 0 unspecified atom stereocenters. The average molecular weight is 248 g/mol. The van der Waals surface area contributed by atoms with Crippen molar-refractivity contribution in [2.45, 2.75) is 51.7 Å². The van der Waals surface area contributed by atoms with Crippen molar-refractivity contribution in [3.05, 3.63) is 0 Å². The van der Waals surface area contributed by atoms with Crippen LogP contribution < -0.4 is 0 Å². The number of amides is 1. The molecule has 1 aliphatic rings. The number of hydrogen-bond acceptors (Lipinski definition) is 3. The Labute approximate surface area is 101 Å². The first-order valence-corrected chi connectivity index (χ1v) is 5.88. The molecule has 1 aliphatic heterocycles. The molecule has 4 nitrogen and oxygen atoms in total. The van der Waals surface area contributed by atoms with Gasteiger partial charge in [-0.25, -0.2) is 4.79 Å². The summed E-state index contributed by atoms with van der Waals surface area (Å²) in [6.45, 7) is 5.93. The fraction of sp³-hybridized carbons (Fsp3) is 0.818. The Bertz CT molecular complexity index is 285. The molecule has 92 valence electrons. The second-order valence-corrected chi connectivity index (χ2v) is 5.36. The van der Waals surface area contributed by atoms with Crippen LogP contribution in [0.3, 0.4) is 0 Å². The molecule has 0 aromatic heterocycles. The van der Waals surface area contributed by atoms with E-state index >= 15 is 0 Å². The molecule has 0 radical (unpaired) electrons. The minimum atomic E-state index is -0.547. The highest BCUT2D eigenvalue weighted by atomic mass is 35.5. The van der Waals surface area contributed by atoms with Crippen LogP contribution >= 0.6 is 11.6 Å². The van der Waals surface area contributed by atoms with E-state index in [0.29, 0.717) is 13.0 Å². The monoisotopic (exact) mass is 247 g/mol. The second kappa shape index (κ2) is 5.04. The maximum absolute atomic E-state index is 11.8. The van der Waals surface area contributed by atoms with Crippen LogP contribution in [0.1, 0.15) is 40.0 Å². The third kappa shape index (κ3) is 3.67. The van der Waals surface area contributed by atoms with Gasteiger partial charge in [-0.1, -0.05) is 0 Å². The number of halogens is 1. The molecule has 1 amide bonds. The summed E-state index contributed by atoms with van der Waals surface area (Å²) < 4.78 is 5.23. The lowest BCUT2D eigenvalue weighted by atomic mass is 10.0. The molecule has 1 heterocycles. The van der Waals surface area contributed by atoms with E-state index in [1.54, 1.807) is 20.8 Å². The number of carbonyl (C=O) groups is 2. The maximum Gasteiger partial charge on any atom is 0.410 e. The Morgan fingerprint density at radius 1 is 1.31 bits per heavy atom. The van der Waals surface area contributed by atoms with E-state index in [4.69, 9.17) is 16.3 Å². The van der Waals surface area contributed by atoms with Crippen molar-refractivity contribution in [3.63, 3.8) is 0 Å². The summed E-state index contributed by atoms with van der Waals surface area (Å²) >= 11 is 5.48. The van der Waals surface area contributed by atoms with Gasteiger partial charge in [0.05, 0.1) is 0 Å². The van der Waals surface area contributed by atoms with Crippen LogP contribution in [0.2, 0.25) is 0 Å². The van der Waals surface area contributed by atoms with Crippen LogP contribution in [0.5, 0.6) is 0 Å². The minimum absolute atomic E-state index is 0.453. The van der Waals surface area contributed by atoms with Gasteiger partial charge in [-0.3, -0.25) is 9.69 Å². The van der Waals surface area contributed by atoms with Crippen molar-refractivity contribution in [3.8, 4) is 0 Å². The summed E-state index contributed by atoms with van der Waals surface area (Å²) in [7, 11) is 0. The first-order chi connectivity index (χ1) is 7.31. The zero-order valence-corrected chi connectivity index (χ0v) is 10.7. The molecular formula is C11H18ClNO3. The molecule has 0 spiro atoms. The van der Waals surface area contributed by atoms with Crippen molar-refractivity contribution >= 4 is 22.9 Å². The molecule has 1 fully saturated rings. The highest BCUT2D eigenvalue weighted by Crippen LogP contribution is 2.21. The van der Waals surface area contributed by atoms with Gasteiger partial charge in [0.2, 0.25) is 5.24 Å². The van der Waals surface area contributed by atoms with Crippen LogP contribution in [-0.2, 0) is 9.53 Å². The summed E-state index contributed by atoms with van der Waals surface area (Å²) in [5.74, 6) is 0. The summed E-state index contributed by atoms with van der Waals surface area (Å²) in [5.41, 5.74) is -0.547. The molecule has 0 aliphatic carbocycles. The van der Waals surface area contributed by atoms with Crippen molar-refractivity contribution in [2.24, 2.45) is 0 Å². The molecule has 0 aromatic carbocycles. The molecule has 1 rings (SSSR count). The number of hydrogen-bond donors (Lipinski definition) is 0. The van der Waals surface area contributed by atoms with E-state index in [-0.39, 0.29) is 0 Å². The first-order valence-electron chi connectivity index (χ1n) is 5.50. The molecule has 1 atom stereocenters. The van der Waals surface area contributed by atoms with Crippen LogP contribution in [0, 0.1) is 0 Å². The van der Waals surface area contributed by atoms with E-state index in [0.717, 1.165) is 12.8 Å². The zero-order chi connectivity index (χ0) is 12.3. The number of piperidine rings is 1. The highest BCUT2D eigenvalue weighted by molar-refractivity contribution is 6.64. The molecule has 16 heavy (non-hydrogen) atoms. The van der Waals surface area contributed by atoms with Gasteiger partial charge in [-0.15, -0.1) is 0 Å². The van der Waals surface area contributed by atoms with Gasteiger partial charge in [0.15, 0.2) is 0 Å². The van der Waals surface area contributed by atoms with Crippen molar-refractivity contribution < 1.29 is 14.3 Å². The van der Waals surface area contributed by atoms with Gasteiger partial charge >= 0.3 is 6.09 Å². The lowest BCUT2D eigenvalue weighted by Gasteiger charge is -2.34. The molecule has 0 bridgehead atoms. The number of likely N-dealkylation sites (tertiary alicyclic amines) is 1. The van der Waals surface area contributed by atoms with Gasteiger partial charge in [-0.2, -0.15) is 0 Å². The topological polar surface area (TPSA) is 46.6 Å². The Morgan fingerprint density at radius 2 is 1.94 bits per heavy atom. The number of nitrogens with zero attached hydrogens (tertiary/aromatic N) is 1. The summed E-state index contributed by atoms with van der Waals surface area (Å²) in [6, 6.07) is -0.523. The number of carbonyl (C=O) groups excluding carboxylic acids is 2. The van der Waals surface area contributed by atoms with Gasteiger partial charge in [0, 0.05) is 6.54 Å². The van der Waals surface area contributed by atoms with Gasteiger partial charge in [0.1, 0.15) is 11.6 Å². The maximum atomic E-state index is 11.8. The normalized spacial score (nSPS) is 21.8. The fourth-order valence-corrected chi connectivity index (χ4v) is 1.93. The minimum Gasteiger partial charge on any atom is -0.444 e. The predicted octanol–water partition coefficient (Wildman–Crippen LogP) is 2.54. The first kappa shape index (κ1) is 13.3. The van der Waals surface area contributed by atoms with E-state index in [9.17, 15) is 9.59 Å². The van der Waals surface area contributed by atoms with E-state index in [1.807, 2.05) is 0 Å². The number of rotatable bonds is 1. The lowest BCUT2D eigenvalue weighted by molar-refractivity contribution is -0.117. The van der Waals surface area contributed by atoms with Gasteiger partial charge in [0.25, 0.3) is 0 Å². The molecule has 0 aromatic rings. The van der Waals surface area contributed by atoms with E-state index in [2.05, 4.69) is 0 Å². The Kier molecular flexibility index (Phi) is 4.19. The molecular weight excluding hydrogens is 230 g/mol. The quantitative estimate of drug-likeness (QED) is 0.669. The fourth-order valence-electron chi connectivity index (χ4n) is 1.71. The van der Waals surface area contributed by atoms with Crippen molar-refractivity contribution in [1.82, 2.24) is 4.90 Å². The lowest BCUT2D eigenvalue weighted by Crippen LogP contribution is -2.48. The highest BCUT2D eigenvalue weighted by Gasteiger charge is 2.33. The third-order valence-corrected chi connectivity index (χ3v) is 2.64. The Morgan fingerprint density at radius 3 is 2.44 bits per heavy atom. The molecule has 5 heteroatoms. The van der Waals surface area contributed by atoms with Gasteiger partial charge in [-0.05, 0) is 51.6 Å². The van der Waals surface area contributed by atoms with E-state index < -0.39 is 23.0 Å². The van der Waals surface area contributed by atoms with E-state index in [1.165, 1.54) is 4.90 Å². The van der Waals surface area contributed by atoms with Crippen LogP contribution in [0.4, 0.5) is 4.79 Å². The summed E-state index contributed by atoms with van der Waals surface area (Å²) in [6.07, 6.45) is 1.98. The largest absolute Gasteiger partial charge is 0.444 e. The second-order valence-electron chi connectivity index (χ2n) is 4.99. The Hall–Kier alpha value is -0.770. The average Bonchev–Trinajstić information content (AvgIpc) is 2.15. The summed E-state index contributed by atoms with van der Waals surface area (Å²) in [5, 5.41) is -0.481. The van der Waals surface area contributed by atoms with Crippen molar-refractivity contribution in [1.29, 1.82) is 0 Å². The number of ether oxygens (including phenoxy) is 1. The van der Waals surface area contributed by atoms with Gasteiger partial charge < -0.3 is 4.74 Å². The molecule has 0 saturated carbocycles. The molecule has 1 saturated heterocycles. The van der Waals surface area contributed by atoms with Crippen LogP contribution in [0.15, 0.2) is 0 Å². The standard InChI is InChI=1S/C11H18ClNO3/c1-11(2,3)16-10(15)13-7-5-4-6-8(13)9(12)14/h8H,4-7H2,1-3H3/t8-/m1/s1. The van der Waals surface area contributed by atoms with Crippen LogP contribution in [0.25, 0.3) is 0 Å². The predicted molar refractivity (Wildman–Crippen MR) is 61.4 cm³/mol. The SMILES string of the molecule is CC(C)(C)OC(=O)N1CCCC[C@@H]1C(=O)Cl. The van der Waals surface area contributed by atoms with Crippen molar-refractivity contribution in [2.75, 3.05) is 6.54 Å². The molecule has 0 N–H and O–H groups in total. The Balaban J connectivity index is 2.68. The summed E-state index contributed by atoms with van der Waals surface area (Å²) in [4.78, 5) is 24.5. The third-order valence-electron chi connectivity index (χ3n) is 2.39. The van der Waals surface area contributed by atoms with Crippen LogP contribution in [-0.4, -0.2) is 34.4 Å².